The van der Waals surface area contributed by atoms with E-state index in [-0.39, 0.29) is 24.9 Å². The van der Waals surface area contributed by atoms with Crippen molar-refractivity contribution in [1.82, 2.24) is 9.80 Å². The van der Waals surface area contributed by atoms with E-state index in [4.69, 9.17) is 9.84 Å². The number of nitrogens with zero attached hydrogens (tertiary/aromatic N) is 3. The molecule has 2 aliphatic rings. The molecule has 0 bridgehead atoms. The SMILES string of the molecule is CCOC(=O)Nc1ccc2c(c1)N(C(=O)CCN1CCN(CCO)CC1)c1ccccc1S2.[Cl-]. The van der Waals surface area contributed by atoms with Crippen LogP contribution in [0, 0.1) is 0 Å². The zero-order valence-corrected chi connectivity index (χ0v) is 20.8. The summed E-state index contributed by atoms with van der Waals surface area (Å²) in [5, 5.41) is 11.9. The van der Waals surface area contributed by atoms with E-state index in [0.717, 1.165) is 47.3 Å². The first-order valence-electron chi connectivity index (χ1n) is 11.3. The third-order valence-electron chi connectivity index (χ3n) is 5.82. The molecule has 2 aliphatic heterocycles. The number of nitrogens with one attached hydrogen (secondary N) is 1. The predicted molar refractivity (Wildman–Crippen MR) is 129 cm³/mol. The number of amides is 2. The molecule has 2 aromatic rings. The molecule has 0 aromatic heterocycles. The second-order valence-electron chi connectivity index (χ2n) is 7.98. The maximum absolute atomic E-state index is 13.5. The van der Waals surface area contributed by atoms with E-state index in [1.807, 2.05) is 42.5 Å². The summed E-state index contributed by atoms with van der Waals surface area (Å²) in [7, 11) is 0. The largest absolute Gasteiger partial charge is 1.00 e. The molecular formula is C24H30ClN4O4S-. The molecule has 2 amide bonds. The third-order valence-corrected chi connectivity index (χ3v) is 6.95. The topological polar surface area (TPSA) is 85.4 Å². The van der Waals surface area contributed by atoms with Crippen molar-refractivity contribution >= 4 is 40.8 Å². The lowest BCUT2D eigenvalue weighted by Gasteiger charge is -2.35. The predicted octanol–water partition coefficient (Wildman–Crippen LogP) is 0.388. The Morgan fingerprint density at radius 1 is 1.00 bits per heavy atom. The molecule has 2 heterocycles. The van der Waals surface area contributed by atoms with Crippen LogP contribution in [0.15, 0.2) is 52.3 Å². The zero-order chi connectivity index (χ0) is 23.2. The lowest BCUT2D eigenvalue weighted by atomic mass is 10.1. The summed E-state index contributed by atoms with van der Waals surface area (Å²) in [4.78, 5) is 33.7. The highest BCUT2D eigenvalue weighted by atomic mass is 35.5. The molecule has 2 aromatic carbocycles. The summed E-state index contributed by atoms with van der Waals surface area (Å²) in [6.45, 7) is 7.21. The van der Waals surface area contributed by atoms with Gasteiger partial charge < -0.3 is 27.2 Å². The standard InChI is InChI=1S/C24H30N4O4S.ClH/c1-2-32-24(31)25-18-7-8-22-20(17-18)28(19-5-3-4-6-21(19)33-22)23(30)9-10-26-11-13-27(14-12-26)15-16-29;/h3-8,17,29H,2,9-16H2,1H3,(H,25,31);1H/p-1. The second kappa shape index (κ2) is 12.4. The van der Waals surface area contributed by atoms with E-state index >= 15 is 0 Å². The van der Waals surface area contributed by atoms with Crippen LogP contribution < -0.4 is 22.6 Å². The van der Waals surface area contributed by atoms with Gasteiger partial charge in [-0.05, 0) is 37.3 Å². The highest BCUT2D eigenvalue weighted by molar-refractivity contribution is 7.99. The van der Waals surface area contributed by atoms with Crippen LogP contribution in [-0.4, -0.2) is 79.4 Å². The summed E-state index contributed by atoms with van der Waals surface area (Å²) >= 11 is 1.62. The Hall–Kier alpha value is -2.30. The van der Waals surface area contributed by atoms with E-state index in [1.54, 1.807) is 23.6 Å². The van der Waals surface area contributed by atoms with Crippen LogP contribution in [0.1, 0.15) is 13.3 Å². The van der Waals surface area contributed by atoms with Crippen molar-refractivity contribution in [3.63, 3.8) is 0 Å². The molecule has 4 rings (SSSR count). The quantitative estimate of drug-likeness (QED) is 0.563. The van der Waals surface area contributed by atoms with Gasteiger partial charge in [-0.25, -0.2) is 4.79 Å². The number of para-hydroxylation sites is 1. The van der Waals surface area contributed by atoms with E-state index in [9.17, 15) is 9.59 Å². The molecule has 10 heteroatoms. The number of β-amino-alcohol motifs (C(OH)–C–C–N with tert-alkyl or cyclic N) is 1. The fourth-order valence-corrected chi connectivity index (χ4v) is 5.17. The number of benzene rings is 2. The maximum Gasteiger partial charge on any atom is 0.411 e. The summed E-state index contributed by atoms with van der Waals surface area (Å²) in [5.41, 5.74) is 2.22. The number of anilines is 3. The number of hydrogen-bond acceptors (Lipinski definition) is 7. The van der Waals surface area contributed by atoms with Crippen molar-refractivity contribution in [3.05, 3.63) is 42.5 Å². The molecule has 184 valence electrons. The van der Waals surface area contributed by atoms with Gasteiger partial charge >= 0.3 is 6.09 Å². The number of piperazine rings is 1. The van der Waals surface area contributed by atoms with Gasteiger partial charge in [-0.3, -0.25) is 19.9 Å². The fourth-order valence-electron chi connectivity index (χ4n) is 4.13. The third kappa shape index (κ3) is 6.22. The van der Waals surface area contributed by atoms with E-state index in [2.05, 4.69) is 15.1 Å². The van der Waals surface area contributed by atoms with Crippen LogP contribution in [-0.2, 0) is 9.53 Å². The Morgan fingerprint density at radius 2 is 1.68 bits per heavy atom. The molecule has 0 saturated carbocycles. The van der Waals surface area contributed by atoms with E-state index in [1.165, 1.54) is 0 Å². The van der Waals surface area contributed by atoms with Crippen LogP contribution in [0.5, 0.6) is 0 Å². The Kier molecular flexibility index (Phi) is 9.61. The van der Waals surface area contributed by atoms with Crippen molar-refractivity contribution in [1.29, 1.82) is 0 Å². The number of ether oxygens (including phenoxy) is 1. The van der Waals surface area contributed by atoms with Gasteiger partial charge in [0.2, 0.25) is 5.91 Å². The number of rotatable bonds is 7. The minimum absolute atomic E-state index is 0. The Bertz CT molecular complexity index is 1000. The molecule has 0 unspecified atom stereocenters. The number of carbonyl (C=O) groups is 2. The monoisotopic (exact) mass is 505 g/mol. The van der Waals surface area contributed by atoms with Gasteiger partial charge in [0.1, 0.15) is 0 Å². The highest BCUT2D eigenvalue weighted by Gasteiger charge is 2.29. The minimum atomic E-state index is -0.514. The van der Waals surface area contributed by atoms with Crippen LogP contribution in [0.4, 0.5) is 21.9 Å². The molecule has 1 saturated heterocycles. The molecule has 1 fully saturated rings. The van der Waals surface area contributed by atoms with Crippen molar-refractivity contribution in [2.24, 2.45) is 0 Å². The average Bonchev–Trinajstić information content (AvgIpc) is 2.82. The average molecular weight is 506 g/mol. The molecule has 0 spiro atoms. The van der Waals surface area contributed by atoms with Crippen LogP contribution in [0.3, 0.4) is 0 Å². The minimum Gasteiger partial charge on any atom is -1.00 e. The first-order chi connectivity index (χ1) is 16.1. The number of aliphatic hydroxyl groups excluding tert-OH is 1. The summed E-state index contributed by atoms with van der Waals surface area (Å²) in [5.74, 6) is 0.0232. The van der Waals surface area contributed by atoms with Gasteiger partial charge in [0, 0.05) is 61.2 Å². The van der Waals surface area contributed by atoms with Gasteiger partial charge in [0.15, 0.2) is 0 Å². The first-order valence-corrected chi connectivity index (χ1v) is 12.1. The van der Waals surface area contributed by atoms with Gasteiger partial charge in [-0.1, -0.05) is 23.9 Å². The fraction of sp³-hybridized carbons (Fsp3) is 0.417. The van der Waals surface area contributed by atoms with Crippen LogP contribution in [0.2, 0.25) is 0 Å². The molecule has 8 nitrogen and oxygen atoms in total. The summed E-state index contributed by atoms with van der Waals surface area (Å²) in [6.07, 6.45) is -0.118. The molecule has 0 aliphatic carbocycles. The molecule has 0 radical (unpaired) electrons. The molecule has 0 atom stereocenters. The number of hydrogen-bond donors (Lipinski definition) is 2. The summed E-state index contributed by atoms with van der Waals surface area (Å²) < 4.78 is 4.99. The van der Waals surface area contributed by atoms with Crippen molar-refractivity contribution in [3.8, 4) is 0 Å². The molecular weight excluding hydrogens is 476 g/mol. The van der Waals surface area contributed by atoms with Crippen molar-refractivity contribution < 1.29 is 31.8 Å². The van der Waals surface area contributed by atoms with E-state index < -0.39 is 6.09 Å². The Balaban J connectivity index is 0.00000324. The maximum atomic E-state index is 13.5. The lowest BCUT2D eigenvalue weighted by molar-refractivity contribution is -0.118. The zero-order valence-electron chi connectivity index (χ0n) is 19.2. The normalized spacial score (nSPS) is 15.6. The molecule has 2 N–H and O–H groups in total. The van der Waals surface area contributed by atoms with Crippen LogP contribution in [0.25, 0.3) is 0 Å². The van der Waals surface area contributed by atoms with Gasteiger partial charge in [0.25, 0.3) is 0 Å². The van der Waals surface area contributed by atoms with E-state index in [0.29, 0.717) is 31.8 Å². The van der Waals surface area contributed by atoms with Gasteiger partial charge in [-0.2, -0.15) is 0 Å². The number of carbonyl (C=O) groups excluding carboxylic acids is 2. The number of fused-ring (bicyclic) bond motifs is 2. The van der Waals surface area contributed by atoms with Gasteiger partial charge in [-0.15, -0.1) is 0 Å². The van der Waals surface area contributed by atoms with Gasteiger partial charge in [0.05, 0.1) is 24.6 Å². The number of halogens is 1. The molecule has 34 heavy (non-hydrogen) atoms. The summed E-state index contributed by atoms with van der Waals surface area (Å²) in [6, 6.07) is 13.5. The van der Waals surface area contributed by atoms with Crippen molar-refractivity contribution in [2.45, 2.75) is 23.1 Å². The van der Waals surface area contributed by atoms with Crippen LogP contribution >= 0.6 is 11.8 Å². The Labute approximate surface area is 210 Å². The first kappa shape index (κ1) is 26.3. The smallest absolute Gasteiger partial charge is 0.411 e. The van der Waals surface area contributed by atoms with Crippen molar-refractivity contribution in [2.75, 3.05) is 62.7 Å². The highest BCUT2D eigenvalue weighted by Crippen LogP contribution is 2.49. The lowest BCUT2D eigenvalue weighted by Crippen LogP contribution is -3.00. The Morgan fingerprint density at radius 3 is 2.38 bits per heavy atom. The number of aliphatic hydroxyl groups is 1. The second-order valence-corrected chi connectivity index (χ2v) is 9.07.